The number of anilines is 3. The summed E-state index contributed by atoms with van der Waals surface area (Å²) in [6, 6.07) is 16.9. The molecule has 3 heteroatoms. The van der Waals surface area contributed by atoms with Gasteiger partial charge in [0.15, 0.2) is 0 Å². The van der Waals surface area contributed by atoms with Crippen molar-refractivity contribution in [1.29, 1.82) is 0 Å². The Morgan fingerprint density at radius 2 is 1.59 bits per heavy atom. The summed E-state index contributed by atoms with van der Waals surface area (Å²) in [7, 11) is 2.15. The number of pyridine rings is 1. The number of rotatable bonds is 1. The standard InChI is InChI=1S/C19H19N3/c1-13-15-8-4-5-9-16(15)20-12-19(13)22-14(2)21(3)17-10-6-7-11-18(17)22/h4-12,14H,1-3H3/t14-/m0/s1. The molecule has 0 bridgehead atoms. The smallest absolute Gasteiger partial charge is 0.103 e. The fourth-order valence-electron chi connectivity index (χ4n) is 3.38. The molecule has 3 aromatic rings. The minimum Gasteiger partial charge on any atom is -0.353 e. The van der Waals surface area contributed by atoms with Crippen molar-refractivity contribution in [2.24, 2.45) is 0 Å². The molecule has 0 fully saturated rings. The molecule has 0 saturated heterocycles. The SMILES string of the molecule is Cc1c(N2c3ccccc3N(C)[C@@H]2C)cnc2ccccc12. The van der Waals surface area contributed by atoms with Gasteiger partial charge in [0.1, 0.15) is 6.17 Å². The van der Waals surface area contributed by atoms with Crippen LogP contribution in [0.15, 0.2) is 54.7 Å². The van der Waals surface area contributed by atoms with E-state index in [1.54, 1.807) is 0 Å². The Balaban J connectivity index is 1.94. The van der Waals surface area contributed by atoms with E-state index in [2.05, 4.69) is 78.1 Å². The van der Waals surface area contributed by atoms with Crippen LogP contribution in [0.1, 0.15) is 12.5 Å². The molecule has 3 nitrogen and oxygen atoms in total. The zero-order chi connectivity index (χ0) is 15.3. The molecule has 0 aliphatic carbocycles. The Kier molecular flexibility index (Phi) is 2.83. The van der Waals surface area contributed by atoms with Crippen molar-refractivity contribution in [2.75, 3.05) is 16.8 Å². The number of hydrogen-bond donors (Lipinski definition) is 0. The molecule has 0 radical (unpaired) electrons. The fourth-order valence-corrected chi connectivity index (χ4v) is 3.38. The van der Waals surface area contributed by atoms with Crippen LogP contribution in [0, 0.1) is 6.92 Å². The van der Waals surface area contributed by atoms with Crippen molar-refractivity contribution in [3.63, 3.8) is 0 Å². The average Bonchev–Trinajstić information content (AvgIpc) is 2.81. The summed E-state index contributed by atoms with van der Waals surface area (Å²) in [5.74, 6) is 0. The van der Waals surface area contributed by atoms with Gasteiger partial charge < -0.3 is 9.80 Å². The molecule has 0 N–H and O–H groups in total. The van der Waals surface area contributed by atoms with E-state index in [1.807, 2.05) is 12.3 Å². The predicted octanol–water partition coefficient (Wildman–Crippen LogP) is 4.48. The van der Waals surface area contributed by atoms with Crippen LogP contribution in [0.3, 0.4) is 0 Å². The maximum absolute atomic E-state index is 4.66. The van der Waals surface area contributed by atoms with E-state index in [9.17, 15) is 0 Å². The van der Waals surface area contributed by atoms with Gasteiger partial charge in [-0.25, -0.2) is 0 Å². The van der Waals surface area contributed by atoms with E-state index in [1.165, 1.54) is 28.0 Å². The Hall–Kier alpha value is -2.55. The third-order valence-electron chi connectivity index (χ3n) is 4.73. The molecule has 1 atom stereocenters. The third kappa shape index (κ3) is 1.72. The van der Waals surface area contributed by atoms with Crippen LogP contribution in [-0.2, 0) is 0 Å². The lowest BCUT2D eigenvalue weighted by molar-refractivity contribution is 0.732. The number of hydrogen-bond acceptors (Lipinski definition) is 3. The van der Waals surface area contributed by atoms with Gasteiger partial charge in [0.2, 0.25) is 0 Å². The quantitative estimate of drug-likeness (QED) is 0.658. The minimum absolute atomic E-state index is 0.277. The second kappa shape index (κ2) is 4.73. The van der Waals surface area contributed by atoms with Gasteiger partial charge in [0.05, 0.1) is 28.8 Å². The predicted molar refractivity (Wildman–Crippen MR) is 92.9 cm³/mol. The first kappa shape index (κ1) is 13.1. The van der Waals surface area contributed by atoms with E-state index in [0.29, 0.717) is 0 Å². The number of fused-ring (bicyclic) bond motifs is 2. The van der Waals surface area contributed by atoms with Gasteiger partial charge in [-0.15, -0.1) is 0 Å². The van der Waals surface area contributed by atoms with Crippen molar-refractivity contribution in [2.45, 2.75) is 20.0 Å². The van der Waals surface area contributed by atoms with Crippen molar-refractivity contribution in [3.05, 3.63) is 60.3 Å². The Labute approximate surface area is 130 Å². The summed E-state index contributed by atoms with van der Waals surface area (Å²) >= 11 is 0. The van der Waals surface area contributed by atoms with Gasteiger partial charge >= 0.3 is 0 Å². The fraction of sp³-hybridized carbons (Fsp3) is 0.211. The lowest BCUT2D eigenvalue weighted by Gasteiger charge is -2.29. The number of aryl methyl sites for hydroxylation is 1. The van der Waals surface area contributed by atoms with Gasteiger partial charge in [-0.1, -0.05) is 30.3 Å². The van der Waals surface area contributed by atoms with Crippen LogP contribution in [0.5, 0.6) is 0 Å². The molecule has 110 valence electrons. The lowest BCUT2D eigenvalue weighted by atomic mass is 10.1. The summed E-state index contributed by atoms with van der Waals surface area (Å²) < 4.78 is 0. The normalized spacial score (nSPS) is 17.1. The number of nitrogens with zero attached hydrogens (tertiary/aromatic N) is 3. The Morgan fingerprint density at radius 1 is 0.909 bits per heavy atom. The molecule has 4 rings (SSSR count). The zero-order valence-electron chi connectivity index (χ0n) is 13.1. The average molecular weight is 289 g/mol. The topological polar surface area (TPSA) is 19.4 Å². The first-order chi connectivity index (χ1) is 10.7. The summed E-state index contributed by atoms with van der Waals surface area (Å²) in [4.78, 5) is 9.35. The highest BCUT2D eigenvalue weighted by Crippen LogP contribution is 2.44. The summed E-state index contributed by atoms with van der Waals surface area (Å²) in [6.45, 7) is 4.42. The van der Waals surface area contributed by atoms with E-state index >= 15 is 0 Å². The molecule has 1 aliphatic rings. The van der Waals surface area contributed by atoms with Gasteiger partial charge in [0, 0.05) is 12.4 Å². The van der Waals surface area contributed by atoms with Gasteiger partial charge in [-0.2, -0.15) is 0 Å². The highest BCUT2D eigenvalue weighted by atomic mass is 15.4. The van der Waals surface area contributed by atoms with Gasteiger partial charge in [-0.3, -0.25) is 4.98 Å². The number of para-hydroxylation sites is 3. The first-order valence-electron chi connectivity index (χ1n) is 7.64. The van der Waals surface area contributed by atoms with E-state index in [4.69, 9.17) is 0 Å². The van der Waals surface area contributed by atoms with Crippen molar-refractivity contribution >= 4 is 28.0 Å². The Morgan fingerprint density at radius 3 is 2.41 bits per heavy atom. The summed E-state index contributed by atoms with van der Waals surface area (Å²) in [5.41, 5.74) is 6.03. The molecule has 1 aromatic heterocycles. The molecule has 1 aliphatic heterocycles. The lowest BCUT2D eigenvalue weighted by Crippen LogP contribution is -2.36. The van der Waals surface area contributed by atoms with E-state index in [-0.39, 0.29) is 6.17 Å². The molecule has 0 amide bonds. The molecular weight excluding hydrogens is 270 g/mol. The molecule has 0 saturated carbocycles. The first-order valence-corrected chi connectivity index (χ1v) is 7.64. The highest BCUT2D eigenvalue weighted by molar-refractivity contribution is 5.91. The minimum atomic E-state index is 0.277. The number of aromatic nitrogens is 1. The van der Waals surface area contributed by atoms with Crippen LogP contribution in [-0.4, -0.2) is 18.2 Å². The molecule has 0 spiro atoms. The van der Waals surface area contributed by atoms with E-state index in [0.717, 1.165) is 5.52 Å². The van der Waals surface area contributed by atoms with Gasteiger partial charge in [-0.05, 0) is 37.6 Å². The monoisotopic (exact) mass is 289 g/mol. The number of benzene rings is 2. The highest BCUT2D eigenvalue weighted by Gasteiger charge is 2.32. The summed E-state index contributed by atoms with van der Waals surface area (Å²) in [6.07, 6.45) is 2.28. The molecule has 2 aromatic carbocycles. The molecular formula is C19H19N3. The maximum Gasteiger partial charge on any atom is 0.103 e. The second-order valence-electron chi connectivity index (χ2n) is 5.89. The van der Waals surface area contributed by atoms with Crippen LogP contribution < -0.4 is 9.80 Å². The van der Waals surface area contributed by atoms with Crippen molar-refractivity contribution in [1.82, 2.24) is 4.98 Å². The molecule has 2 heterocycles. The van der Waals surface area contributed by atoms with Crippen LogP contribution >= 0.6 is 0 Å². The zero-order valence-corrected chi connectivity index (χ0v) is 13.1. The maximum atomic E-state index is 4.66. The largest absolute Gasteiger partial charge is 0.353 e. The molecule has 22 heavy (non-hydrogen) atoms. The van der Waals surface area contributed by atoms with Crippen molar-refractivity contribution < 1.29 is 0 Å². The molecule has 0 unspecified atom stereocenters. The van der Waals surface area contributed by atoms with Crippen molar-refractivity contribution in [3.8, 4) is 0 Å². The third-order valence-corrected chi connectivity index (χ3v) is 4.73. The Bertz CT molecular complexity index is 856. The summed E-state index contributed by atoms with van der Waals surface area (Å²) in [5, 5.41) is 1.22. The van der Waals surface area contributed by atoms with E-state index < -0.39 is 0 Å². The van der Waals surface area contributed by atoms with Crippen LogP contribution in [0.4, 0.5) is 17.1 Å². The van der Waals surface area contributed by atoms with Crippen LogP contribution in [0.25, 0.3) is 10.9 Å². The second-order valence-corrected chi connectivity index (χ2v) is 5.89. The van der Waals surface area contributed by atoms with Crippen LogP contribution in [0.2, 0.25) is 0 Å². The van der Waals surface area contributed by atoms with Gasteiger partial charge in [0.25, 0.3) is 0 Å².